The van der Waals surface area contributed by atoms with E-state index in [0.717, 1.165) is 70.7 Å². The molecule has 8 heteroatoms. The van der Waals surface area contributed by atoms with E-state index in [2.05, 4.69) is 34.2 Å². The fourth-order valence-electron chi connectivity index (χ4n) is 4.30. The first-order valence-corrected chi connectivity index (χ1v) is 11.8. The molecule has 0 amide bonds. The highest BCUT2D eigenvalue weighted by molar-refractivity contribution is 5.80. The SMILES string of the molecule is CCNC(=NCC(c1ccc(OC)cc1)N1CCOCC1)N1CCC(COCCOC)C1. The van der Waals surface area contributed by atoms with Gasteiger partial charge in [0.1, 0.15) is 5.75 Å². The minimum atomic E-state index is 0.217. The fourth-order valence-corrected chi connectivity index (χ4v) is 4.30. The molecule has 0 radical (unpaired) electrons. The van der Waals surface area contributed by atoms with Crippen LogP contribution in [0.15, 0.2) is 29.3 Å². The number of hydrogen-bond donors (Lipinski definition) is 1. The van der Waals surface area contributed by atoms with Crippen molar-refractivity contribution in [3.63, 3.8) is 0 Å². The lowest BCUT2D eigenvalue weighted by molar-refractivity contribution is 0.0179. The quantitative estimate of drug-likeness (QED) is 0.316. The van der Waals surface area contributed by atoms with Crippen molar-refractivity contribution in [1.29, 1.82) is 0 Å². The predicted octanol–water partition coefficient (Wildman–Crippen LogP) is 2.02. The van der Waals surface area contributed by atoms with Gasteiger partial charge in [-0.15, -0.1) is 0 Å². The van der Waals surface area contributed by atoms with Crippen LogP contribution >= 0.6 is 0 Å². The Labute approximate surface area is 192 Å². The standard InChI is InChI=1S/C24H40N4O4/c1-4-25-24(28-10-9-20(18-28)19-32-16-15-29-2)26-17-23(27-11-13-31-14-12-27)21-5-7-22(30-3)8-6-21/h5-8,20,23H,4,9-19H2,1-3H3,(H,25,26). The minimum Gasteiger partial charge on any atom is -0.497 e. The van der Waals surface area contributed by atoms with Gasteiger partial charge in [0.05, 0.1) is 52.7 Å². The third kappa shape index (κ3) is 7.33. The van der Waals surface area contributed by atoms with Gasteiger partial charge in [0.25, 0.3) is 0 Å². The third-order valence-corrected chi connectivity index (χ3v) is 6.11. The molecule has 1 aromatic carbocycles. The van der Waals surface area contributed by atoms with E-state index >= 15 is 0 Å². The number of methoxy groups -OCH3 is 2. The van der Waals surface area contributed by atoms with Crippen molar-refractivity contribution >= 4 is 5.96 Å². The van der Waals surface area contributed by atoms with Crippen molar-refractivity contribution in [3.8, 4) is 5.75 Å². The lowest BCUT2D eigenvalue weighted by Gasteiger charge is -2.34. The summed E-state index contributed by atoms with van der Waals surface area (Å²) in [6, 6.07) is 8.60. The highest BCUT2D eigenvalue weighted by Gasteiger charge is 2.27. The Morgan fingerprint density at radius 1 is 1.16 bits per heavy atom. The first kappa shape index (κ1) is 24.8. The van der Waals surface area contributed by atoms with Gasteiger partial charge in [-0.3, -0.25) is 9.89 Å². The van der Waals surface area contributed by atoms with E-state index in [9.17, 15) is 0 Å². The zero-order valence-corrected chi connectivity index (χ0v) is 19.9. The second-order valence-electron chi connectivity index (χ2n) is 8.30. The first-order valence-electron chi connectivity index (χ1n) is 11.8. The topological polar surface area (TPSA) is 67.8 Å². The van der Waals surface area contributed by atoms with Crippen LogP contribution in [0.25, 0.3) is 0 Å². The van der Waals surface area contributed by atoms with Gasteiger partial charge in [0.15, 0.2) is 5.96 Å². The Hall–Kier alpha value is -1.87. The monoisotopic (exact) mass is 448 g/mol. The Balaban J connectivity index is 1.66. The normalized spacial score (nSPS) is 21.0. The molecule has 2 unspecified atom stereocenters. The van der Waals surface area contributed by atoms with Crippen molar-refractivity contribution in [1.82, 2.24) is 15.1 Å². The smallest absolute Gasteiger partial charge is 0.193 e. The molecule has 0 bridgehead atoms. The van der Waals surface area contributed by atoms with Crippen molar-refractivity contribution in [2.75, 3.05) is 86.5 Å². The van der Waals surface area contributed by atoms with Gasteiger partial charge in [-0.25, -0.2) is 0 Å². The summed E-state index contributed by atoms with van der Waals surface area (Å²) in [6.45, 7) is 11.1. The van der Waals surface area contributed by atoms with E-state index < -0.39 is 0 Å². The molecule has 3 rings (SSSR count). The number of morpholine rings is 1. The number of aliphatic imine (C=N–C) groups is 1. The van der Waals surface area contributed by atoms with E-state index in [4.69, 9.17) is 23.9 Å². The van der Waals surface area contributed by atoms with Crippen molar-refractivity contribution < 1.29 is 18.9 Å². The average Bonchev–Trinajstić information content (AvgIpc) is 3.31. The van der Waals surface area contributed by atoms with E-state index in [-0.39, 0.29) is 6.04 Å². The summed E-state index contributed by atoms with van der Waals surface area (Å²) in [5, 5.41) is 3.50. The van der Waals surface area contributed by atoms with Crippen LogP contribution in [0.5, 0.6) is 5.75 Å². The molecule has 32 heavy (non-hydrogen) atoms. The van der Waals surface area contributed by atoms with E-state index in [1.807, 2.05) is 12.1 Å². The Bertz CT molecular complexity index is 679. The number of ether oxygens (including phenoxy) is 4. The zero-order valence-electron chi connectivity index (χ0n) is 19.9. The molecule has 0 saturated carbocycles. The van der Waals surface area contributed by atoms with Crippen LogP contribution in [0.4, 0.5) is 0 Å². The third-order valence-electron chi connectivity index (χ3n) is 6.11. The first-order chi connectivity index (χ1) is 15.7. The van der Waals surface area contributed by atoms with Crippen LogP contribution in [-0.4, -0.2) is 102 Å². The summed E-state index contributed by atoms with van der Waals surface area (Å²) in [4.78, 5) is 9.95. The van der Waals surface area contributed by atoms with Crippen LogP contribution in [0.2, 0.25) is 0 Å². The largest absolute Gasteiger partial charge is 0.497 e. The molecular weight excluding hydrogens is 408 g/mol. The van der Waals surface area contributed by atoms with Gasteiger partial charge >= 0.3 is 0 Å². The van der Waals surface area contributed by atoms with Crippen LogP contribution in [0.1, 0.15) is 24.9 Å². The summed E-state index contributed by atoms with van der Waals surface area (Å²) < 4.78 is 21.8. The van der Waals surface area contributed by atoms with Crippen LogP contribution < -0.4 is 10.1 Å². The summed E-state index contributed by atoms with van der Waals surface area (Å²) in [5.74, 6) is 2.41. The maximum absolute atomic E-state index is 5.76. The predicted molar refractivity (Wildman–Crippen MR) is 126 cm³/mol. The maximum atomic E-state index is 5.76. The number of likely N-dealkylation sites (tertiary alicyclic amines) is 1. The summed E-state index contributed by atoms with van der Waals surface area (Å²) in [6.07, 6.45) is 1.13. The van der Waals surface area contributed by atoms with Crippen LogP contribution in [-0.2, 0) is 14.2 Å². The number of hydrogen-bond acceptors (Lipinski definition) is 6. The highest BCUT2D eigenvalue weighted by Crippen LogP contribution is 2.25. The molecule has 1 N–H and O–H groups in total. The number of nitrogens with one attached hydrogen (secondary N) is 1. The van der Waals surface area contributed by atoms with Gasteiger partial charge < -0.3 is 29.2 Å². The van der Waals surface area contributed by atoms with Gasteiger partial charge in [0, 0.05) is 45.8 Å². The summed E-state index contributed by atoms with van der Waals surface area (Å²) in [5.41, 5.74) is 1.26. The number of rotatable bonds is 11. The maximum Gasteiger partial charge on any atom is 0.193 e. The van der Waals surface area contributed by atoms with E-state index in [0.29, 0.717) is 25.7 Å². The lowest BCUT2D eigenvalue weighted by atomic mass is 10.0. The van der Waals surface area contributed by atoms with Gasteiger partial charge in [-0.1, -0.05) is 12.1 Å². The molecule has 2 atom stereocenters. The van der Waals surface area contributed by atoms with Crippen LogP contribution in [0, 0.1) is 5.92 Å². The molecular formula is C24H40N4O4. The Kier molecular flexibility index (Phi) is 10.5. The number of benzene rings is 1. The Morgan fingerprint density at radius 2 is 1.94 bits per heavy atom. The summed E-state index contributed by atoms with van der Waals surface area (Å²) in [7, 11) is 3.41. The van der Waals surface area contributed by atoms with Crippen molar-refractivity contribution in [3.05, 3.63) is 29.8 Å². The minimum absolute atomic E-state index is 0.217. The van der Waals surface area contributed by atoms with Gasteiger partial charge in [-0.05, 0) is 31.0 Å². The second kappa shape index (κ2) is 13.6. The molecule has 2 fully saturated rings. The molecule has 0 spiro atoms. The molecule has 1 aromatic rings. The van der Waals surface area contributed by atoms with Crippen molar-refractivity contribution in [2.45, 2.75) is 19.4 Å². The lowest BCUT2D eigenvalue weighted by Crippen LogP contribution is -2.43. The van der Waals surface area contributed by atoms with Gasteiger partial charge in [0.2, 0.25) is 0 Å². The van der Waals surface area contributed by atoms with Crippen LogP contribution in [0.3, 0.4) is 0 Å². The molecule has 2 aliphatic heterocycles. The van der Waals surface area contributed by atoms with E-state index in [1.54, 1.807) is 14.2 Å². The molecule has 180 valence electrons. The highest BCUT2D eigenvalue weighted by atomic mass is 16.5. The van der Waals surface area contributed by atoms with Gasteiger partial charge in [-0.2, -0.15) is 0 Å². The number of guanidine groups is 1. The molecule has 0 aliphatic carbocycles. The fraction of sp³-hybridized carbons (Fsp3) is 0.708. The Morgan fingerprint density at radius 3 is 2.62 bits per heavy atom. The molecule has 2 aliphatic rings. The molecule has 2 heterocycles. The summed E-state index contributed by atoms with van der Waals surface area (Å²) >= 11 is 0. The van der Waals surface area contributed by atoms with Crippen molar-refractivity contribution in [2.24, 2.45) is 10.9 Å². The molecule has 8 nitrogen and oxygen atoms in total. The average molecular weight is 449 g/mol. The van der Waals surface area contributed by atoms with E-state index in [1.165, 1.54) is 5.56 Å². The zero-order chi connectivity index (χ0) is 22.6. The second-order valence-corrected chi connectivity index (χ2v) is 8.30. The number of nitrogens with zero attached hydrogens (tertiary/aromatic N) is 3. The molecule has 2 saturated heterocycles. The molecule has 0 aromatic heterocycles.